The van der Waals surface area contributed by atoms with Crippen molar-refractivity contribution in [2.75, 3.05) is 24.9 Å². The summed E-state index contributed by atoms with van der Waals surface area (Å²) in [6.07, 6.45) is 0. The van der Waals surface area contributed by atoms with E-state index in [2.05, 4.69) is 15.6 Å². The van der Waals surface area contributed by atoms with Crippen molar-refractivity contribution in [3.05, 3.63) is 48.0 Å². The van der Waals surface area contributed by atoms with Crippen molar-refractivity contribution in [1.29, 1.82) is 0 Å². The van der Waals surface area contributed by atoms with Crippen LogP contribution in [0.2, 0.25) is 0 Å². The summed E-state index contributed by atoms with van der Waals surface area (Å²) in [6, 6.07) is 12.9. The van der Waals surface area contributed by atoms with Crippen molar-refractivity contribution >= 4 is 47.2 Å². The van der Waals surface area contributed by atoms with E-state index in [0.29, 0.717) is 18.0 Å². The van der Waals surface area contributed by atoms with Gasteiger partial charge in [0.05, 0.1) is 26.5 Å². The molecule has 0 atom stereocenters. The fourth-order valence-corrected chi connectivity index (χ4v) is 2.21. The molecule has 0 spiro atoms. The van der Waals surface area contributed by atoms with Gasteiger partial charge in [-0.15, -0.1) is 24.0 Å². The first-order valence-electron chi connectivity index (χ1n) is 7.67. The molecule has 1 amide bonds. The number of hydrogen-bond donors (Lipinski definition) is 3. The Labute approximate surface area is 170 Å². The molecule has 0 unspecified atom stereocenters. The summed E-state index contributed by atoms with van der Waals surface area (Å²) in [4.78, 5) is 15.6. The van der Waals surface area contributed by atoms with E-state index in [1.807, 2.05) is 36.4 Å². The summed E-state index contributed by atoms with van der Waals surface area (Å²) >= 11 is 0. The van der Waals surface area contributed by atoms with Crippen LogP contribution in [0.4, 0.5) is 11.4 Å². The number of benzene rings is 2. The third-order valence-electron chi connectivity index (χ3n) is 3.35. The molecule has 2 rings (SSSR count). The molecule has 0 aliphatic heterocycles. The lowest BCUT2D eigenvalue weighted by Crippen LogP contribution is -2.22. The zero-order valence-electron chi connectivity index (χ0n) is 14.9. The monoisotopic (exact) mass is 470 g/mol. The minimum Gasteiger partial charge on any atom is -0.497 e. The van der Waals surface area contributed by atoms with Gasteiger partial charge in [-0.1, -0.05) is 12.1 Å². The average Bonchev–Trinajstić information content (AvgIpc) is 2.60. The molecule has 0 aliphatic rings. The molecule has 0 fully saturated rings. The summed E-state index contributed by atoms with van der Waals surface area (Å²) in [6.45, 7) is 1.81. The normalized spacial score (nSPS) is 10.5. The van der Waals surface area contributed by atoms with Gasteiger partial charge in [-0.25, -0.2) is 4.99 Å². The summed E-state index contributed by atoms with van der Waals surface area (Å²) in [7, 11) is 3.15. The van der Waals surface area contributed by atoms with Crippen LogP contribution in [0.5, 0.6) is 11.5 Å². The van der Waals surface area contributed by atoms with Gasteiger partial charge in [0.2, 0.25) is 5.91 Å². The topological polar surface area (TPSA) is 98.0 Å². The fourth-order valence-electron chi connectivity index (χ4n) is 2.21. The highest BCUT2D eigenvalue weighted by Gasteiger charge is 2.06. The average molecular weight is 470 g/mol. The fraction of sp³-hybridized carbons (Fsp3) is 0.222. The number of carbonyl (C=O) groups excluding carboxylic acids is 1. The van der Waals surface area contributed by atoms with E-state index >= 15 is 0 Å². The number of aliphatic imine (C=N–C) groups is 1. The van der Waals surface area contributed by atoms with Crippen molar-refractivity contribution in [1.82, 2.24) is 0 Å². The van der Waals surface area contributed by atoms with Crippen LogP contribution in [0.15, 0.2) is 47.5 Å². The second kappa shape index (κ2) is 10.5. The van der Waals surface area contributed by atoms with E-state index in [1.165, 1.54) is 6.92 Å². The Morgan fingerprint density at radius 1 is 1.12 bits per heavy atom. The van der Waals surface area contributed by atoms with E-state index < -0.39 is 0 Å². The first-order chi connectivity index (χ1) is 12.0. The maximum Gasteiger partial charge on any atom is 0.221 e. The number of rotatable bonds is 6. The van der Waals surface area contributed by atoms with E-state index in [0.717, 1.165) is 17.0 Å². The third kappa shape index (κ3) is 6.43. The van der Waals surface area contributed by atoms with Gasteiger partial charge in [0.1, 0.15) is 11.5 Å². The van der Waals surface area contributed by atoms with Gasteiger partial charge in [-0.05, 0) is 29.8 Å². The second-order valence-corrected chi connectivity index (χ2v) is 5.27. The number of anilines is 2. The summed E-state index contributed by atoms with van der Waals surface area (Å²) in [5.41, 5.74) is 8.20. The summed E-state index contributed by atoms with van der Waals surface area (Å²) in [5, 5.41) is 5.74. The van der Waals surface area contributed by atoms with Crippen molar-refractivity contribution < 1.29 is 14.3 Å². The highest BCUT2D eigenvalue weighted by Crippen LogP contribution is 2.25. The first kappa shape index (κ1) is 21.6. The molecule has 2 aromatic carbocycles. The number of nitrogens with zero attached hydrogens (tertiary/aromatic N) is 1. The molecule has 2 aromatic rings. The molecule has 0 saturated heterocycles. The number of ether oxygens (including phenoxy) is 2. The zero-order valence-corrected chi connectivity index (χ0v) is 17.2. The highest BCUT2D eigenvalue weighted by molar-refractivity contribution is 14.0. The molecule has 0 saturated carbocycles. The van der Waals surface area contributed by atoms with Gasteiger partial charge in [0.25, 0.3) is 0 Å². The van der Waals surface area contributed by atoms with Gasteiger partial charge in [0, 0.05) is 18.7 Å². The molecule has 0 heterocycles. The minimum atomic E-state index is -0.168. The molecular formula is C18H23IN4O3. The summed E-state index contributed by atoms with van der Waals surface area (Å²) < 4.78 is 10.4. The van der Waals surface area contributed by atoms with Crippen LogP contribution < -0.4 is 25.8 Å². The Morgan fingerprint density at radius 2 is 1.88 bits per heavy atom. The van der Waals surface area contributed by atoms with E-state index in [1.54, 1.807) is 20.3 Å². The molecule has 4 N–H and O–H groups in total. The standard InChI is InChI=1S/C18H22N4O3.HI/c1-12(23)21-16-9-13(7-8-17(16)25-3)11-20-18(19)22-14-5-4-6-15(10-14)24-2;/h4-10H,11H2,1-3H3,(H,21,23)(H3,19,20,22);1H. The van der Waals surface area contributed by atoms with Gasteiger partial charge < -0.3 is 25.8 Å². The molecule has 8 heteroatoms. The highest BCUT2D eigenvalue weighted by atomic mass is 127. The van der Waals surface area contributed by atoms with E-state index in [9.17, 15) is 4.79 Å². The van der Waals surface area contributed by atoms with Crippen molar-refractivity contribution in [2.24, 2.45) is 10.7 Å². The van der Waals surface area contributed by atoms with Gasteiger partial charge in [0.15, 0.2) is 5.96 Å². The van der Waals surface area contributed by atoms with Crippen LogP contribution in [-0.2, 0) is 11.3 Å². The molecule has 0 bridgehead atoms. The third-order valence-corrected chi connectivity index (χ3v) is 3.35. The quantitative estimate of drug-likeness (QED) is 0.342. The van der Waals surface area contributed by atoms with Crippen LogP contribution >= 0.6 is 24.0 Å². The number of nitrogens with one attached hydrogen (secondary N) is 2. The van der Waals surface area contributed by atoms with Crippen LogP contribution in [-0.4, -0.2) is 26.1 Å². The van der Waals surface area contributed by atoms with Crippen molar-refractivity contribution in [2.45, 2.75) is 13.5 Å². The smallest absolute Gasteiger partial charge is 0.221 e. The predicted molar refractivity (Wildman–Crippen MR) is 115 cm³/mol. The number of halogens is 1. The van der Waals surface area contributed by atoms with Crippen LogP contribution in [0.25, 0.3) is 0 Å². The Hall–Kier alpha value is -2.49. The Bertz CT molecular complexity index is 781. The number of guanidine groups is 1. The summed E-state index contributed by atoms with van der Waals surface area (Å²) in [5.74, 6) is 1.43. The largest absolute Gasteiger partial charge is 0.497 e. The van der Waals surface area contributed by atoms with Crippen LogP contribution in [0, 0.1) is 0 Å². The van der Waals surface area contributed by atoms with Gasteiger partial charge >= 0.3 is 0 Å². The number of carbonyl (C=O) groups is 1. The van der Waals surface area contributed by atoms with Gasteiger partial charge in [-0.3, -0.25) is 4.79 Å². The second-order valence-electron chi connectivity index (χ2n) is 5.27. The first-order valence-corrected chi connectivity index (χ1v) is 7.67. The Balaban J connectivity index is 0.00000338. The lowest BCUT2D eigenvalue weighted by atomic mass is 10.2. The molecule has 0 radical (unpaired) electrons. The molecule has 7 nitrogen and oxygen atoms in total. The maximum absolute atomic E-state index is 11.3. The number of nitrogens with two attached hydrogens (primary N) is 1. The Morgan fingerprint density at radius 3 is 2.54 bits per heavy atom. The molecule has 140 valence electrons. The van der Waals surface area contributed by atoms with E-state index in [4.69, 9.17) is 15.2 Å². The Kier molecular flexibility index (Phi) is 8.70. The lowest BCUT2D eigenvalue weighted by Gasteiger charge is -2.11. The van der Waals surface area contributed by atoms with Crippen molar-refractivity contribution in [3.8, 4) is 11.5 Å². The molecule has 0 aliphatic carbocycles. The maximum atomic E-state index is 11.3. The lowest BCUT2D eigenvalue weighted by molar-refractivity contribution is -0.114. The minimum absolute atomic E-state index is 0. The molecule has 0 aromatic heterocycles. The number of methoxy groups -OCH3 is 2. The number of hydrogen-bond acceptors (Lipinski definition) is 4. The zero-order chi connectivity index (χ0) is 18.2. The van der Waals surface area contributed by atoms with Crippen molar-refractivity contribution in [3.63, 3.8) is 0 Å². The molecule has 26 heavy (non-hydrogen) atoms. The van der Waals surface area contributed by atoms with E-state index in [-0.39, 0.29) is 35.8 Å². The molecular weight excluding hydrogens is 447 g/mol. The number of amides is 1. The predicted octanol–water partition coefficient (Wildman–Crippen LogP) is 3.21. The van der Waals surface area contributed by atoms with Crippen LogP contribution in [0.1, 0.15) is 12.5 Å². The van der Waals surface area contributed by atoms with Crippen LogP contribution in [0.3, 0.4) is 0 Å². The SMILES string of the molecule is COc1cccc(NC(N)=NCc2ccc(OC)c(NC(C)=O)c2)c1.I. The van der Waals surface area contributed by atoms with Gasteiger partial charge in [-0.2, -0.15) is 0 Å².